The highest BCUT2D eigenvalue weighted by molar-refractivity contribution is 5.22. The minimum absolute atomic E-state index is 0.0307. The second-order valence-corrected chi connectivity index (χ2v) is 3.45. The van der Waals surface area contributed by atoms with E-state index in [1.54, 1.807) is 12.3 Å². The maximum atomic E-state index is 11.1. The molecule has 2 rings (SSSR count). The summed E-state index contributed by atoms with van der Waals surface area (Å²) in [6.07, 6.45) is 1.64. The van der Waals surface area contributed by atoms with Gasteiger partial charge in [-0.15, -0.1) is 0 Å². The van der Waals surface area contributed by atoms with Gasteiger partial charge in [-0.05, 0) is 11.6 Å². The van der Waals surface area contributed by atoms with Crippen molar-refractivity contribution < 1.29 is 0 Å². The number of hydrogen-bond donors (Lipinski definition) is 2. The summed E-state index contributed by atoms with van der Waals surface area (Å²) in [4.78, 5) is 17.2. The fourth-order valence-corrected chi connectivity index (χ4v) is 1.83. The number of hydrogen-bond acceptors (Lipinski definition) is 2. The standard InChI is InChI=1S/C10H11N3O/c1-11-9-6-12-5-8(9)7-2-3-13-10(14)4-7/h2-4,8-9,12H,5-6H2,(H,13,14)/t8?,9-/m0/s1. The van der Waals surface area contributed by atoms with Crippen LogP contribution in [0.4, 0.5) is 0 Å². The molecule has 1 aromatic heterocycles. The van der Waals surface area contributed by atoms with E-state index in [1.165, 1.54) is 0 Å². The Kier molecular flexibility index (Phi) is 2.33. The second-order valence-electron chi connectivity index (χ2n) is 3.45. The lowest BCUT2D eigenvalue weighted by Gasteiger charge is -2.08. The van der Waals surface area contributed by atoms with E-state index >= 15 is 0 Å². The average molecular weight is 189 g/mol. The fraction of sp³-hybridized carbons (Fsp3) is 0.400. The van der Waals surface area contributed by atoms with Gasteiger partial charge < -0.3 is 15.1 Å². The number of nitrogens with one attached hydrogen (secondary N) is 2. The third-order valence-electron chi connectivity index (χ3n) is 2.58. The number of H-pyrrole nitrogens is 1. The SMILES string of the molecule is [C-]#[N+][C@H]1CNCC1c1cc[nH]c(=O)c1. The molecule has 1 fully saturated rings. The number of nitrogens with zero attached hydrogens (tertiary/aromatic N) is 1. The fourth-order valence-electron chi connectivity index (χ4n) is 1.83. The predicted molar refractivity (Wildman–Crippen MR) is 53.1 cm³/mol. The van der Waals surface area contributed by atoms with Crippen molar-refractivity contribution in [3.05, 3.63) is 45.7 Å². The van der Waals surface area contributed by atoms with Crippen LogP contribution in [0.25, 0.3) is 4.85 Å². The third-order valence-corrected chi connectivity index (χ3v) is 2.58. The van der Waals surface area contributed by atoms with Crippen LogP contribution in [0, 0.1) is 6.57 Å². The van der Waals surface area contributed by atoms with Gasteiger partial charge in [0.25, 0.3) is 0 Å². The lowest BCUT2D eigenvalue weighted by molar-refractivity contribution is 0.724. The molecule has 4 heteroatoms. The molecule has 0 bridgehead atoms. The molecule has 2 atom stereocenters. The van der Waals surface area contributed by atoms with E-state index < -0.39 is 0 Å². The Balaban J connectivity index is 2.31. The van der Waals surface area contributed by atoms with Crippen molar-refractivity contribution in [3.8, 4) is 0 Å². The van der Waals surface area contributed by atoms with Gasteiger partial charge in [0.15, 0.2) is 0 Å². The van der Waals surface area contributed by atoms with Gasteiger partial charge in [0.05, 0.1) is 12.5 Å². The highest BCUT2D eigenvalue weighted by Crippen LogP contribution is 2.23. The maximum Gasteiger partial charge on any atom is 0.248 e. The molecule has 72 valence electrons. The summed E-state index contributed by atoms with van der Waals surface area (Å²) in [7, 11) is 0. The van der Waals surface area contributed by atoms with Gasteiger partial charge in [0.1, 0.15) is 0 Å². The Morgan fingerprint density at radius 2 is 2.36 bits per heavy atom. The topological polar surface area (TPSA) is 49.2 Å². The molecule has 0 amide bonds. The van der Waals surface area contributed by atoms with E-state index in [-0.39, 0.29) is 17.5 Å². The molecule has 0 aromatic carbocycles. The second kappa shape index (κ2) is 3.64. The van der Waals surface area contributed by atoms with Gasteiger partial charge >= 0.3 is 0 Å². The van der Waals surface area contributed by atoms with Gasteiger partial charge in [0, 0.05) is 18.8 Å². The van der Waals surface area contributed by atoms with E-state index in [9.17, 15) is 4.79 Å². The molecule has 2 heterocycles. The minimum atomic E-state index is -0.0990. The van der Waals surface area contributed by atoms with Crippen molar-refractivity contribution in [1.82, 2.24) is 10.3 Å². The minimum Gasteiger partial charge on any atom is -0.329 e. The van der Waals surface area contributed by atoms with E-state index in [2.05, 4.69) is 15.1 Å². The highest BCUT2D eigenvalue weighted by atomic mass is 16.1. The molecule has 14 heavy (non-hydrogen) atoms. The molecule has 0 spiro atoms. The normalized spacial score (nSPS) is 25.9. The lowest BCUT2D eigenvalue weighted by atomic mass is 9.96. The quantitative estimate of drug-likeness (QED) is 0.626. The Bertz CT molecular complexity index is 418. The Labute approximate surface area is 81.8 Å². The van der Waals surface area contributed by atoms with Crippen LogP contribution in [0.2, 0.25) is 0 Å². The summed E-state index contributed by atoms with van der Waals surface area (Å²) in [5.74, 6) is 0.162. The Hall–Kier alpha value is -1.60. The first-order chi connectivity index (χ1) is 6.81. The summed E-state index contributed by atoms with van der Waals surface area (Å²) >= 11 is 0. The summed E-state index contributed by atoms with van der Waals surface area (Å²) in [5, 5.41) is 3.17. The molecule has 0 radical (unpaired) electrons. The van der Waals surface area contributed by atoms with Gasteiger partial charge in [0.2, 0.25) is 11.6 Å². The van der Waals surface area contributed by atoms with Crippen LogP contribution in [0.5, 0.6) is 0 Å². The molecule has 0 aliphatic carbocycles. The monoisotopic (exact) mass is 189 g/mol. The molecular formula is C10H11N3O. The molecule has 1 unspecified atom stereocenters. The molecule has 1 saturated heterocycles. The van der Waals surface area contributed by atoms with E-state index in [1.807, 2.05) is 6.07 Å². The lowest BCUT2D eigenvalue weighted by Crippen LogP contribution is -2.15. The molecular weight excluding hydrogens is 178 g/mol. The number of pyridine rings is 1. The molecule has 4 nitrogen and oxygen atoms in total. The third kappa shape index (κ3) is 1.54. The predicted octanol–water partition coefficient (Wildman–Crippen LogP) is 0.350. The number of aromatic amines is 1. The molecule has 2 N–H and O–H groups in total. The van der Waals surface area contributed by atoms with Crippen LogP contribution >= 0.6 is 0 Å². The Morgan fingerprint density at radius 3 is 3.07 bits per heavy atom. The summed E-state index contributed by atoms with van der Waals surface area (Å²) in [6.45, 7) is 8.54. The van der Waals surface area contributed by atoms with Crippen LogP contribution in [-0.4, -0.2) is 24.1 Å². The van der Waals surface area contributed by atoms with E-state index in [0.717, 1.165) is 18.7 Å². The van der Waals surface area contributed by atoms with Crippen molar-refractivity contribution in [2.45, 2.75) is 12.0 Å². The van der Waals surface area contributed by atoms with Gasteiger partial charge in [-0.3, -0.25) is 4.79 Å². The van der Waals surface area contributed by atoms with Gasteiger partial charge in [-0.25, -0.2) is 6.57 Å². The van der Waals surface area contributed by atoms with E-state index in [4.69, 9.17) is 6.57 Å². The first-order valence-corrected chi connectivity index (χ1v) is 4.57. The maximum absolute atomic E-state index is 11.1. The van der Waals surface area contributed by atoms with Crippen molar-refractivity contribution in [2.75, 3.05) is 13.1 Å². The molecule has 0 saturated carbocycles. The smallest absolute Gasteiger partial charge is 0.248 e. The van der Waals surface area contributed by atoms with Crippen LogP contribution in [-0.2, 0) is 0 Å². The molecule has 1 aliphatic rings. The van der Waals surface area contributed by atoms with E-state index in [0.29, 0.717) is 0 Å². The van der Waals surface area contributed by atoms with Crippen LogP contribution in [0.15, 0.2) is 23.1 Å². The van der Waals surface area contributed by atoms with Crippen LogP contribution in [0.3, 0.4) is 0 Å². The first kappa shape index (κ1) is 8.97. The van der Waals surface area contributed by atoms with Crippen molar-refractivity contribution in [1.29, 1.82) is 0 Å². The summed E-state index contributed by atoms with van der Waals surface area (Å²) in [5.41, 5.74) is 0.859. The van der Waals surface area contributed by atoms with Crippen LogP contribution in [0.1, 0.15) is 11.5 Å². The van der Waals surface area contributed by atoms with Gasteiger partial charge in [-0.2, -0.15) is 0 Å². The molecule has 1 aromatic rings. The van der Waals surface area contributed by atoms with Crippen molar-refractivity contribution in [2.24, 2.45) is 0 Å². The average Bonchev–Trinajstić information content (AvgIpc) is 2.65. The highest BCUT2D eigenvalue weighted by Gasteiger charge is 2.33. The zero-order chi connectivity index (χ0) is 9.97. The molecule has 1 aliphatic heterocycles. The Morgan fingerprint density at radius 1 is 1.50 bits per heavy atom. The first-order valence-electron chi connectivity index (χ1n) is 4.57. The zero-order valence-corrected chi connectivity index (χ0v) is 7.66. The van der Waals surface area contributed by atoms with Gasteiger partial charge in [-0.1, -0.05) is 0 Å². The summed E-state index contributed by atoms with van der Waals surface area (Å²) in [6, 6.07) is 3.42. The number of rotatable bonds is 1. The van der Waals surface area contributed by atoms with Crippen LogP contribution < -0.4 is 10.9 Å². The number of aromatic nitrogens is 1. The van der Waals surface area contributed by atoms with Crippen molar-refractivity contribution in [3.63, 3.8) is 0 Å². The zero-order valence-electron chi connectivity index (χ0n) is 7.66. The largest absolute Gasteiger partial charge is 0.329 e. The summed E-state index contributed by atoms with van der Waals surface area (Å²) < 4.78 is 0. The van der Waals surface area contributed by atoms with Crippen molar-refractivity contribution >= 4 is 0 Å².